The number of nitrogens with zero attached hydrogens (tertiary/aromatic N) is 4. The number of hydrogen-bond donors (Lipinski definition) is 1. The van der Waals surface area contributed by atoms with E-state index in [1.54, 1.807) is 6.20 Å². The highest BCUT2D eigenvalue weighted by Gasteiger charge is 2.52. The molecule has 2 aromatic heterocycles. The topological polar surface area (TPSA) is 78.2 Å². The molecule has 1 N–H and O–H groups in total. The van der Waals surface area contributed by atoms with Crippen LogP contribution in [0.4, 0.5) is 13.2 Å². The van der Waals surface area contributed by atoms with Crippen molar-refractivity contribution in [3.8, 4) is 0 Å². The van der Waals surface area contributed by atoms with E-state index in [2.05, 4.69) is 21.0 Å². The van der Waals surface area contributed by atoms with Crippen LogP contribution in [0.15, 0.2) is 28.9 Å². The molecule has 0 aromatic carbocycles. The minimum absolute atomic E-state index is 0.0279. The van der Waals surface area contributed by atoms with E-state index < -0.39 is 17.8 Å². The van der Waals surface area contributed by atoms with Gasteiger partial charge in [0.25, 0.3) is 5.91 Å². The molecule has 2 aromatic rings. The Balaban J connectivity index is 1.32. The molecule has 4 atom stereocenters. The van der Waals surface area contributed by atoms with Crippen LogP contribution in [0.3, 0.4) is 0 Å². The fourth-order valence-electron chi connectivity index (χ4n) is 4.76. The van der Waals surface area contributed by atoms with Crippen molar-refractivity contribution in [1.82, 2.24) is 19.4 Å². The molecule has 1 saturated heterocycles. The number of alkyl halides is 3. The summed E-state index contributed by atoms with van der Waals surface area (Å²) in [5.74, 6) is -0.0644. The number of rotatable bonds is 3. The molecule has 0 radical (unpaired) electrons. The second-order valence-electron chi connectivity index (χ2n) is 8.72. The maximum absolute atomic E-state index is 13.4. The summed E-state index contributed by atoms with van der Waals surface area (Å²) in [4.78, 5) is 28.3. The minimum atomic E-state index is -4.71. The molecule has 3 fully saturated rings. The summed E-state index contributed by atoms with van der Waals surface area (Å²) in [6, 6.07) is 2.20. The smallest absolute Gasteiger partial charge is 0.392 e. The van der Waals surface area contributed by atoms with Crippen LogP contribution < -0.4 is 0 Å². The van der Waals surface area contributed by atoms with Crippen LogP contribution in [0.2, 0.25) is 5.02 Å². The van der Waals surface area contributed by atoms with Gasteiger partial charge in [0, 0.05) is 29.7 Å². The molecule has 3 heterocycles. The lowest BCUT2D eigenvalue weighted by molar-refractivity contribution is -0.142. The summed E-state index contributed by atoms with van der Waals surface area (Å²) < 4.78 is 41.0. The highest BCUT2D eigenvalue weighted by atomic mass is 79.9. The molecule has 176 valence electrons. The SMILES string of the molecule is O=C1CN(C(=O)c2nn3c(C(F)(F)F)cc(Br)cc3c2Cl)CCN1C=CC1CC2CC2C1O. The van der Waals surface area contributed by atoms with Gasteiger partial charge in [0.15, 0.2) is 5.69 Å². The number of carbonyl (C=O) groups is 2. The maximum atomic E-state index is 13.4. The average Bonchev–Trinajstić information content (AvgIpc) is 3.36. The Kier molecular flexibility index (Phi) is 5.49. The summed E-state index contributed by atoms with van der Waals surface area (Å²) in [6.07, 6.45) is 0.410. The molecule has 2 saturated carbocycles. The van der Waals surface area contributed by atoms with Crippen LogP contribution in [-0.4, -0.2) is 62.1 Å². The molecule has 7 nitrogen and oxygen atoms in total. The van der Waals surface area contributed by atoms with Crippen LogP contribution in [0.5, 0.6) is 0 Å². The van der Waals surface area contributed by atoms with E-state index in [4.69, 9.17) is 11.6 Å². The maximum Gasteiger partial charge on any atom is 0.433 e. The average molecular weight is 548 g/mol. The van der Waals surface area contributed by atoms with E-state index in [0.29, 0.717) is 16.4 Å². The molecular weight excluding hydrogens is 529 g/mol. The first-order valence-corrected chi connectivity index (χ1v) is 11.6. The van der Waals surface area contributed by atoms with Crippen LogP contribution in [0.1, 0.15) is 29.0 Å². The number of halogens is 5. The normalized spacial score (nSPS) is 27.6. The summed E-state index contributed by atoms with van der Waals surface area (Å²) in [7, 11) is 0. The Hall–Kier alpha value is -2.11. The first-order valence-electron chi connectivity index (χ1n) is 10.4. The number of aliphatic hydroxyl groups is 1. The van der Waals surface area contributed by atoms with E-state index in [0.717, 1.165) is 18.9 Å². The fraction of sp³-hybridized carbons (Fsp3) is 0.476. The van der Waals surface area contributed by atoms with Crippen molar-refractivity contribution < 1.29 is 27.9 Å². The summed E-state index contributed by atoms with van der Waals surface area (Å²) in [5, 5.41) is 13.8. The van der Waals surface area contributed by atoms with Crippen LogP contribution in [-0.2, 0) is 11.0 Å². The molecule has 2 aliphatic carbocycles. The van der Waals surface area contributed by atoms with Gasteiger partial charge < -0.3 is 14.9 Å². The third-order valence-corrected chi connectivity index (χ3v) is 7.45. The van der Waals surface area contributed by atoms with Gasteiger partial charge in [-0.1, -0.05) is 33.6 Å². The van der Waals surface area contributed by atoms with Crippen molar-refractivity contribution in [3.63, 3.8) is 0 Å². The standard InChI is InChI=1S/C21H19BrClF3N4O3/c22-12-7-14-17(23)18(27-30(14)15(8-12)21(24,25)26)20(33)29-4-3-28(16(31)9-29)2-1-10-5-11-6-13(11)19(10)32/h1-2,7-8,10-11,13,19,32H,3-6,9H2. The Morgan fingerprint density at radius 1 is 1.27 bits per heavy atom. The van der Waals surface area contributed by atoms with Crippen molar-refractivity contribution in [2.45, 2.75) is 25.1 Å². The van der Waals surface area contributed by atoms with Gasteiger partial charge in [0.2, 0.25) is 5.91 Å². The van der Waals surface area contributed by atoms with E-state index in [1.807, 2.05) is 6.08 Å². The van der Waals surface area contributed by atoms with Gasteiger partial charge in [-0.3, -0.25) is 9.59 Å². The van der Waals surface area contributed by atoms with Gasteiger partial charge in [-0.2, -0.15) is 18.3 Å². The first kappa shape index (κ1) is 22.7. The first-order chi connectivity index (χ1) is 15.5. The van der Waals surface area contributed by atoms with Crippen LogP contribution >= 0.6 is 27.5 Å². The Morgan fingerprint density at radius 3 is 2.67 bits per heavy atom. The molecule has 33 heavy (non-hydrogen) atoms. The summed E-state index contributed by atoms with van der Waals surface area (Å²) in [5.41, 5.74) is -1.49. The molecule has 2 amide bonds. The number of fused-ring (bicyclic) bond motifs is 2. The molecular formula is C21H19BrClF3N4O3. The molecule has 12 heteroatoms. The van der Waals surface area contributed by atoms with Gasteiger partial charge >= 0.3 is 6.18 Å². The zero-order chi connectivity index (χ0) is 23.7. The predicted octanol–water partition coefficient (Wildman–Crippen LogP) is 3.58. The Morgan fingerprint density at radius 2 is 2.03 bits per heavy atom. The summed E-state index contributed by atoms with van der Waals surface area (Å²) >= 11 is 9.26. The largest absolute Gasteiger partial charge is 0.433 e. The molecule has 5 rings (SSSR count). The molecule has 3 aliphatic rings. The lowest BCUT2D eigenvalue weighted by Crippen LogP contribution is -2.50. The number of piperazine rings is 1. The van der Waals surface area contributed by atoms with E-state index in [9.17, 15) is 27.9 Å². The van der Waals surface area contributed by atoms with Crippen molar-refractivity contribution in [3.05, 3.63) is 45.3 Å². The third-order valence-electron chi connectivity index (χ3n) is 6.62. The summed E-state index contributed by atoms with van der Waals surface area (Å²) in [6.45, 7) is 0.149. The second kappa shape index (κ2) is 7.99. The van der Waals surface area contributed by atoms with Gasteiger partial charge in [0.1, 0.15) is 12.2 Å². The highest BCUT2D eigenvalue weighted by molar-refractivity contribution is 9.10. The number of aromatic nitrogens is 2. The monoisotopic (exact) mass is 546 g/mol. The van der Waals surface area contributed by atoms with Crippen LogP contribution in [0, 0.1) is 17.8 Å². The fourth-order valence-corrected chi connectivity index (χ4v) is 5.45. The van der Waals surface area contributed by atoms with Gasteiger partial charge in [-0.25, -0.2) is 4.52 Å². The lowest BCUT2D eigenvalue weighted by Gasteiger charge is -2.32. The van der Waals surface area contributed by atoms with Gasteiger partial charge in [-0.05, 0) is 36.8 Å². The van der Waals surface area contributed by atoms with E-state index in [-0.39, 0.29) is 58.3 Å². The van der Waals surface area contributed by atoms with Crippen molar-refractivity contribution >= 4 is 44.9 Å². The predicted molar refractivity (Wildman–Crippen MR) is 115 cm³/mol. The number of hydrogen-bond acceptors (Lipinski definition) is 4. The number of aliphatic hydroxyl groups excluding tert-OH is 1. The molecule has 1 aliphatic heterocycles. The Labute approximate surface area is 199 Å². The van der Waals surface area contributed by atoms with Crippen molar-refractivity contribution in [2.24, 2.45) is 17.8 Å². The minimum Gasteiger partial charge on any atom is -0.392 e. The van der Waals surface area contributed by atoms with Gasteiger partial charge in [0.05, 0.1) is 16.6 Å². The number of carbonyl (C=O) groups excluding carboxylic acids is 2. The van der Waals surface area contributed by atoms with Crippen molar-refractivity contribution in [2.75, 3.05) is 19.6 Å². The van der Waals surface area contributed by atoms with Gasteiger partial charge in [-0.15, -0.1) is 0 Å². The molecule has 0 bridgehead atoms. The van der Waals surface area contributed by atoms with Crippen molar-refractivity contribution in [1.29, 1.82) is 0 Å². The molecule has 0 spiro atoms. The number of amides is 2. The lowest BCUT2D eigenvalue weighted by atomic mass is 10.0. The quantitative estimate of drug-likeness (QED) is 0.637. The third kappa shape index (κ3) is 4.04. The zero-order valence-electron chi connectivity index (χ0n) is 17.1. The highest BCUT2D eigenvalue weighted by Crippen LogP contribution is 2.54. The van der Waals surface area contributed by atoms with Crippen LogP contribution in [0.25, 0.3) is 5.52 Å². The Bertz CT molecular complexity index is 1180. The molecule has 4 unspecified atom stereocenters. The van der Waals surface area contributed by atoms with E-state index in [1.165, 1.54) is 15.9 Å². The number of pyridine rings is 1. The zero-order valence-corrected chi connectivity index (χ0v) is 19.4. The van der Waals surface area contributed by atoms with E-state index >= 15 is 0 Å². The second-order valence-corrected chi connectivity index (χ2v) is 10.0.